The molecule has 15 heavy (non-hydrogen) atoms. The van der Waals surface area contributed by atoms with Crippen LogP contribution in [0.1, 0.15) is 25.0 Å². The molecule has 1 unspecified atom stereocenters. The number of benzene rings is 1. The first-order valence-corrected chi connectivity index (χ1v) is 4.77. The summed E-state index contributed by atoms with van der Waals surface area (Å²) in [7, 11) is 2.91. The third kappa shape index (κ3) is 2.33. The normalized spacial score (nSPS) is 12.3. The molecule has 0 aliphatic rings. The molecule has 0 fully saturated rings. The number of aromatic hydroxyl groups is 1. The maximum absolute atomic E-state index is 9.67. The lowest BCUT2D eigenvalue weighted by atomic mass is 10.1. The molecule has 0 amide bonds. The van der Waals surface area contributed by atoms with Crippen LogP contribution in [-0.4, -0.2) is 24.4 Å². The van der Waals surface area contributed by atoms with E-state index in [1.54, 1.807) is 12.1 Å². The molecule has 0 spiro atoms. The Hall–Kier alpha value is -1.42. The fourth-order valence-corrected chi connectivity index (χ4v) is 1.34. The number of hydrogen-bond acceptors (Lipinski definition) is 4. The van der Waals surface area contributed by atoms with Gasteiger partial charge in [-0.05, 0) is 24.1 Å². The molecule has 0 heterocycles. The van der Waals surface area contributed by atoms with Gasteiger partial charge in [0.15, 0.2) is 11.5 Å². The van der Waals surface area contributed by atoms with Crippen LogP contribution >= 0.6 is 0 Å². The van der Waals surface area contributed by atoms with Gasteiger partial charge < -0.3 is 19.7 Å². The third-order valence-electron chi connectivity index (χ3n) is 2.27. The van der Waals surface area contributed by atoms with Gasteiger partial charge >= 0.3 is 0 Å². The van der Waals surface area contributed by atoms with Crippen LogP contribution < -0.4 is 9.47 Å². The molecule has 1 aromatic rings. The van der Waals surface area contributed by atoms with Gasteiger partial charge in [0.25, 0.3) is 0 Å². The number of ether oxygens (including phenoxy) is 2. The summed E-state index contributed by atoms with van der Waals surface area (Å²) in [6, 6.07) is 3.21. The molecule has 0 aliphatic heterocycles. The van der Waals surface area contributed by atoms with Crippen molar-refractivity contribution in [2.24, 2.45) is 0 Å². The summed E-state index contributed by atoms with van der Waals surface area (Å²) in [5.74, 6) is 0.556. The molecule has 0 bridgehead atoms. The molecule has 1 atom stereocenters. The summed E-state index contributed by atoms with van der Waals surface area (Å²) >= 11 is 0. The van der Waals surface area contributed by atoms with Crippen molar-refractivity contribution in [1.82, 2.24) is 0 Å². The van der Waals surface area contributed by atoms with Gasteiger partial charge in [0, 0.05) is 0 Å². The molecule has 4 heteroatoms. The highest BCUT2D eigenvalue weighted by Crippen LogP contribution is 2.38. The smallest absolute Gasteiger partial charge is 0.200 e. The Morgan fingerprint density at radius 1 is 1.20 bits per heavy atom. The molecular weight excluding hydrogens is 196 g/mol. The minimum atomic E-state index is -0.576. The SMILES string of the molecule is CCC(O)c1cc(OC)c(O)c(OC)c1. The van der Waals surface area contributed by atoms with Crippen LogP contribution in [-0.2, 0) is 0 Å². The van der Waals surface area contributed by atoms with Crippen molar-refractivity contribution in [1.29, 1.82) is 0 Å². The molecule has 4 nitrogen and oxygen atoms in total. The minimum Gasteiger partial charge on any atom is -0.502 e. The Bertz CT molecular complexity index is 310. The van der Waals surface area contributed by atoms with Crippen molar-refractivity contribution in [2.45, 2.75) is 19.4 Å². The monoisotopic (exact) mass is 212 g/mol. The highest BCUT2D eigenvalue weighted by Gasteiger charge is 2.14. The molecular formula is C11H16O4. The molecule has 0 aliphatic carbocycles. The van der Waals surface area contributed by atoms with Gasteiger partial charge in [0.2, 0.25) is 5.75 Å². The number of aliphatic hydroxyl groups is 1. The van der Waals surface area contributed by atoms with Gasteiger partial charge in [-0.1, -0.05) is 6.92 Å². The predicted octanol–water partition coefficient (Wildman–Crippen LogP) is 1.85. The summed E-state index contributed by atoms with van der Waals surface area (Å²) in [6.07, 6.45) is 0.0188. The second-order valence-corrected chi connectivity index (χ2v) is 3.20. The standard InChI is InChI=1S/C11H16O4/c1-4-8(12)7-5-9(14-2)11(13)10(6-7)15-3/h5-6,8,12-13H,4H2,1-3H3. The van der Waals surface area contributed by atoms with Gasteiger partial charge in [-0.3, -0.25) is 0 Å². The second kappa shape index (κ2) is 4.89. The van der Waals surface area contributed by atoms with E-state index in [2.05, 4.69) is 0 Å². The second-order valence-electron chi connectivity index (χ2n) is 3.20. The van der Waals surface area contributed by atoms with Crippen molar-refractivity contribution in [2.75, 3.05) is 14.2 Å². The van der Waals surface area contributed by atoms with Crippen molar-refractivity contribution in [3.05, 3.63) is 17.7 Å². The van der Waals surface area contributed by atoms with Gasteiger partial charge in [-0.15, -0.1) is 0 Å². The van der Waals surface area contributed by atoms with Gasteiger partial charge in [0.1, 0.15) is 0 Å². The Morgan fingerprint density at radius 3 is 2.00 bits per heavy atom. The maximum atomic E-state index is 9.67. The first kappa shape index (κ1) is 11.7. The minimum absolute atomic E-state index is 0.0490. The predicted molar refractivity (Wildman–Crippen MR) is 56.5 cm³/mol. The highest BCUT2D eigenvalue weighted by molar-refractivity contribution is 5.53. The average Bonchev–Trinajstić information content (AvgIpc) is 2.28. The summed E-state index contributed by atoms with van der Waals surface area (Å²) in [5.41, 5.74) is 0.670. The van der Waals surface area contributed by atoms with Gasteiger partial charge in [-0.2, -0.15) is 0 Å². The maximum Gasteiger partial charge on any atom is 0.200 e. The molecule has 84 valence electrons. The lowest BCUT2D eigenvalue weighted by Crippen LogP contribution is -1.98. The van der Waals surface area contributed by atoms with Gasteiger partial charge in [-0.25, -0.2) is 0 Å². The van der Waals surface area contributed by atoms with Crippen LogP contribution in [0.2, 0.25) is 0 Å². The van der Waals surface area contributed by atoms with E-state index in [0.29, 0.717) is 23.5 Å². The number of rotatable bonds is 4. The van der Waals surface area contributed by atoms with E-state index in [0.717, 1.165) is 0 Å². The fraction of sp³-hybridized carbons (Fsp3) is 0.455. The fourth-order valence-electron chi connectivity index (χ4n) is 1.34. The lowest BCUT2D eigenvalue weighted by molar-refractivity contribution is 0.172. The molecule has 1 rings (SSSR count). The zero-order valence-electron chi connectivity index (χ0n) is 9.15. The Kier molecular flexibility index (Phi) is 3.80. The zero-order chi connectivity index (χ0) is 11.4. The molecule has 1 aromatic carbocycles. The third-order valence-corrected chi connectivity index (χ3v) is 2.27. The molecule has 0 radical (unpaired) electrons. The summed E-state index contributed by atoms with van der Waals surface area (Å²) in [6.45, 7) is 1.87. The van der Waals surface area contributed by atoms with Crippen molar-refractivity contribution >= 4 is 0 Å². The van der Waals surface area contributed by atoms with Crippen LogP contribution in [0, 0.1) is 0 Å². The first-order valence-electron chi connectivity index (χ1n) is 4.77. The van der Waals surface area contributed by atoms with Crippen LogP contribution in [0.3, 0.4) is 0 Å². The first-order chi connectivity index (χ1) is 7.13. The lowest BCUT2D eigenvalue weighted by Gasteiger charge is -2.13. The summed E-state index contributed by atoms with van der Waals surface area (Å²) < 4.78 is 9.96. The van der Waals surface area contributed by atoms with E-state index >= 15 is 0 Å². The number of hydrogen-bond donors (Lipinski definition) is 2. The van der Waals surface area contributed by atoms with E-state index in [-0.39, 0.29) is 5.75 Å². The Morgan fingerprint density at radius 2 is 1.67 bits per heavy atom. The van der Waals surface area contributed by atoms with E-state index < -0.39 is 6.10 Å². The van der Waals surface area contributed by atoms with Crippen molar-refractivity contribution in [3.63, 3.8) is 0 Å². The average molecular weight is 212 g/mol. The molecule has 0 saturated heterocycles. The molecule has 0 saturated carbocycles. The summed E-state index contributed by atoms with van der Waals surface area (Å²) in [4.78, 5) is 0. The van der Waals surface area contributed by atoms with E-state index in [4.69, 9.17) is 9.47 Å². The number of phenols is 1. The van der Waals surface area contributed by atoms with E-state index in [9.17, 15) is 10.2 Å². The number of phenolic OH excluding ortho intramolecular Hbond substituents is 1. The van der Waals surface area contributed by atoms with Crippen LogP contribution in [0.4, 0.5) is 0 Å². The topological polar surface area (TPSA) is 58.9 Å². The molecule has 2 N–H and O–H groups in total. The largest absolute Gasteiger partial charge is 0.502 e. The van der Waals surface area contributed by atoms with Crippen LogP contribution in [0.15, 0.2) is 12.1 Å². The van der Waals surface area contributed by atoms with Crippen molar-refractivity contribution in [3.8, 4) is 17.2 Å². The van der Waals surface area contributed by atoms with E-state index in [1.165, 1.54) is 14.2 Å². The Labute approximate surface area is 89.1 Å². The van der Waals surface area contributed by atoms with Crippen LogP contribution in [0.25, 0.3) is 0 Å². The summed E-state index contributed by atoms with van der Waals surface area (Å²) in [5, 5.41) is 19.3. The van der Waals surface area contributed by atoms with E-state index in [1.807, 2.05) is 6.92 Å². The molecule has 0 aromatic heterocycles. The Balaban J connectivity index is 3.20. The highest BCUT2D eigenvalue weighted by atomic mass is 16.5. The van der Waals surface area contributed by atoms with Crippen LogP contribution in [0.5, 0.6) is 17.2 Å². The van der Waals surface area contributed by atoms with Gasteiger partial charge in [0.05, 0.1) is 20.3 Å². The quantitative estimate of drug-likeness (QED) is 0.799. The van der Waals surface area contributed by atoms with Crippen molar-refractivity contribution < 1.29 is 19.7 Å². The number of aliphatic hydroxyl groups excluding tert-OH is 1. The zero-order valence-corrected chi connectivity index (χ0v) is 9.15. The number of methoxy groups -OCH3 is 2.